The molecular weight excluding hydrogens is 461 g/mol. The first-order valence-corrected chi connectivity index (χ1v) is 13.7. The Morgan fingerprint density at radius 1 is 1.06 bits per heavy atom. The lowest BCUT2D eigenvalue weighted by Gasteiger charge is -2.66. The summed E-state index contributed by atoms with van der Waals surface area (Å²) in [5.41, 5.74) is -5.56. The molecule has 0 aromatic carbocycles. The van der Waals surface area contributed by atoms with E-state index in [2.05, 4.69) is 27.7 Å². The molecule has 0 spiro atoms. The standard InChI is InChI=1S/C23H33F3O4S2/c1-20(2)8-6-9-21(3)17(20)7-10-22(4)18(21)13-31-16-12-14(29-5)11-15(19(16)22)30-32(27,28)23(24,25)26/h11-12,16-19H,6-10,13H2,1-5H3/t16?,17?,18-,19?,21+,22-/m1/s1. The van der Waals surface area contributed by atoms with E-state index in [1.165, 1.54) is 19.6 Å². The summed E-state index contributed by atoms with van der Waals surface area (Å²) in [6, 6.07) is 0. The molecule has 3 fully saturated rings. The Morgan fingerprint density at radius 2 is 1.75 bits per heavy atom. The summed E-state index contributed by atoms with van der Waals surface area (Å²) in [5.74, 6) is 1.45. The zero-order valence-corrected chi connectivity index (χ0v) is 20.9. The zero-order valence-electron chi connectivity index (χ0n) is 19.3. The number of rotatable bonds is 3. The van der Waals surface area contributed by atoms with Gasteiger partial charge in [-0.05, 0) is 65.6 Å². The number of hydrogen-bond acceptors (Lipinski definition) is 5. The van der Waals surface area contributed by atoms with Crippen LogP contribution in [0, 0.1) is 34.0 Å². The van der Waals surface area contributed by atoms with E-state index in [-0.39, 0.29) is 33.2 Å². The summed E-state index contributed by atoms with van der Waals surface area (Å²) in [6.07, 6.45) is 8.51. The quantitative estimate of drug-likeness (QED) is 0.342. The molecule has 6 atom stereocenters. The van der Waals surface area contributed by atoms with Crippen molar-refractivity contribution in [1.29, 1.82) is 0 Å². The van der Waals surface area contributed by atoms with Crippen LogP contribution in [0.1, 0.15) is 59.8 Å². The first kappa shape index (κ1) is 24.3. The maximum absolute atomic E-state index is 13.2. The monoisotopic (exact) mass is 494 g/mol. The number of methoxy groups -OCH3 is 1. The van der Waals surface area contributed by atoms with Crippen LogP contribution in [0.15, 0.2) is 23.7 Å². The highest BCUT2D eigenvalue weighted by atomic mass is 32.2. The molecule has 1 aliphatic heterocycles. The van der Waals surface area contributed by atoms with Gasteiger partial charge in [0.15, 0.2) is 0 Å². The summed E-state index contributed by atoms with van der Waals surface area (Å²) in [7, 11) is -4.34. The molecule has 4 rings (SSSR count). The normalized spacial score (nSPS) is 41.4. The van der Waals surface area contributed by atoms with E-state index in [9.17, 15) is 21.6 Å². The van der Waals surface area contributed by atoms with Gasteiger partial charge in [0.25, 0.3) is 0 Å². The molecule has 182 valence electrons. The highest BCUT2D eigenvalue weighted by molar-refractivity contribution is 8.00. The van der Waals surface area contributed by atoms with Crippen molar-refractivity contribution in [3.63, 3.8) is 0 Å². The van der Waals surface area contributed by atoms with Crippen molar-refractivity contribution < 1.29 is 30.5 Å². The Bertz CT molecular complexity index is 939. The van der Waals surface area contributed by atoms with Crippen molar-refractivity contribution in [3.8, 4) is 0 Å². The van der Waals surface area contributed by atoms with Gasteiger partial charge in [0.2, 0.25) is 0 Å². The van der Waals surface area contributed by atoms with Crippen LogP contribution in [-0.2, 0) is 19.0 Å². The van der Waals surface area contributed by atoms with E-state index < -0.39 is 21.5 Å². The highest BCUT2D eigenvalue weighted by Gasteiger charge is 2.64. The van der Waals surface area contributed by atoms with Gasteiger partial charge in [-0.15, -0.1) is 0 Å². The summed E-state index contributed by atoms with van der Waals surface area (Å²) in [4.78, 5) is 0. The lowest BCUT2D eigenvalue weighted by molar-refractivity contribution is -0.138. The molecule has 32 heavy (non-hydrogen) atoms. The molecule has 1 saturated heterocycles. The molecule has 0 amide bonds. The van der Waals surface area contributed by atoms with E-state index in [1.807, 2.05) is 6.08 Å². The number of alkyl halides is 3. The lowest BCUT2D eigenvalue weighted by atomic mass is 9.41. The maximum Gasteiger partial charge on any atom is 0.534 e. The van der Waals surface area contributed by atoms with Crippen molar-refractivity contribution in [1.82, 2.24) is 0 Å². The number of fused-ring (bicyclic) bond motifs is 5. The third-order valence-corrected chi connectivity index (χ3v) is 11.3. The minimum absolute atomic E-state index is 0.0615. The fourth-order valence-corrected chi connectivity index (χ4v) is 10.1. The van der Waals surface area contributed by atoms with Gasteiger partial charge in [0.1, 0.15) is 11.5 Å². The van der Waals surface area contributed by atoms with Crippen molar-refractivity contribution in [2.24, 2.45) is 34.0 Å². The summed E-state index contributed by atoms with van der Waals surface area (Å²) in [5, 5.41) is -0.189. The number of ether oxygens (including phenoxy) is 1. The second-order valence-corrected chi connectivity index (χ2v) is 13.8. The third-order valence-electron chi connectivity index (χ3n) is 8.98. The SMILES string of the molecule is COC1=CC2SC[C@H]3[C@@](C)(CCC4C(C)(C)CCC[C@@]43C)C2C(OS(=O)(=O)C(F)(F)F)=C1. The van der Waals surface area contributed by atoms with Crippen LogP contribution >= 0.6 is 11.8 Å². The van der Waals surface area contributed by atoms with Crippen LogP contribution < -0.4 is 0 Å². The molecule has 4 aliphatic rings. The topological polar surface area (TPSA) is 52.6 Å². The van der Waals surface area contributed by atoms with Crippen LogP contribution in [-0.4, -0.2) is 32.0 Å². The number of thioether (sulfide) groups is 1. The minimum atomic E-state index is -5.76. The molecular formula is C23H33F3O4S2. The van der Waals surface area contributed by atoms with Gasteiger partial charge in [-0.3, -0.25) is 0 Å². The summed E-state index contributed by atoms with van der Waals surface area (Å²) >= 11 is 1.69. The predicted molar refractivity (Wildman–Crippen MR) is 119 cm³/mol. The molecule has 0 bridgehead atoms. The molecule has 9 heteroatoms. The minimum Gasteiger partial charge on any atom is -0.497 e. The highest BCUT2D eigenvalue weighted by Crippen LogP contribution is 2.70. The predicted octanol–water partition coefficient (Wildman–Crippen LogP) is 6.26. The molecule has 3 unspecified atom stereocenters. The van der Waals surface area contributed by atoms with E-state index in [1.54, 1.807) is 11.8 Å². The fourth-order valence-electron chi connectivity index (χ4n) is 7.57. The molecule has 3 aliphatic carbocycles. The average molecular weight is 495 g/mol. The Balaban J connectivity index is 1.76. The number of hydrogen-bond donors (Lipinski definition) is 0. The Morgan fingerprint density at radius 3 is 2.38 bits per heavy atom. The maximum atomic E-state index is 13.2. The Labute approximate surface area is 193 Å². The van der Waals surface area contributed by atoms with Crippen molar-refractivity contribution in [2.45, 2.75) is 70.6 Å². The van der Waals surface area contributed by atoms with E-state index >= 15 is 0 Å². The molecule has 0 aromatic heterocycles. The number of halogens is 3. The largest absolute Gasteiger partial charge is 0.534 e. The van der Waals surface area contributed by atoms with Crippen LogP contribution in [0.4, 0.5) is 13.2 Å². The summed E-state index contributed by atoms with van der Waals surface area (Å²) < 4.78 is 73.7. The first-order chi connectivity index (χ1) is 14.7. The van der Waals surface area contributed by atoms with Crippen LogP contribution in [0.2, 0.25) is 0 Å². The Hall–Kier alpha value is -0.830. The van der Waals surface area contributed by atoms with Gasteiger partial charge in [0.05, 0.1) is 7.11 Å². The van der Waals surface area contributed by atoms with E-state index in [0.29, 0.717) is 11.7 Å². The smallest absolute Gasteiger partial charge is 0.497 e. The molecule has 4 nitrogen and oxygen atoms in total. The van der Waals surface area contributed by atoms with Gasteiger partial charge in [-0.2, -0.15) is 33.4 Å². The number of allylic oxidation sites excluding steroid dienone is 2. The molecule has 0 aromatic rings. The van der Waals surface area contributed by atoms with Crippen molar-refractivity contribution in [3.05, 3.63) is 23.7 Å². The first-order valence-electron chi connectivity index (χ1n) is 11.3. The molecule has 1 heterocycles. The zero-order chi connectivity index (χ0) is 23.7. The van der Waals surface area contributed by atoms with Gasteiger partial charge < -0.3 is 8.92 Å². The fraction of sp³-hybridized carbons (Fsp3) is 0.826. The van der Waals surface area contributed by atoms with Gasteiger partial charge in [-0.25, -0.2) is 0 Å². The van der Waals surface area contributed by atoms with Gasteiger partial charge >= 0.3 is 15.6 Å². The van der Waals surface area contributed by atoms with Crippen LogP contribution in [0.3, 0.4) is 0 Å². The second kappa shape index (κ2) is 7.59. The third kappa shape index (κ3) is 3.60. The summed E-state index contributed by atoms with van der Waals surface area (Å²) in [6.45, 7) is 9.18. The van der Waals surface area contributed by atoms with Crippen LogP contribution in [0.5, 0.6) is 0 Å². The van der Waals surface area contributed by atoms with Crippen molar-refractivity contribution in [2.75, 3.05) is 12.9 Å². The van der Waals surface area contributed by atoms with Gasteiger partial charge in [-0.1, -0.05) is 34.1 Å². The molecule has 2 saturated carbocycles. The molecule has 0 N–H and O–H groups in total. The average Bonchev–Trinajstić information content (AvgIpc) is 2.65. The van der Waals surface area contributed by atoms with E-state index in [0.717, 1.165) is 31.4 Å². The Kier molecular flexibility index (Phi) is 5.76. The second-order valence-electron chi connectivity index (χ2n) is 11.1. The molecule has 0 radical (unpaired) electrons. The van der Waals surface area contributed by atoms with Crippen LogP contribution in [0.25, 0.3) is 0 Å². The lowest BCUT2D eigenvalue weighted by Crippen LogP contribution is -2.61. The van der Waals surface area contributed by atoms with Gasteiger partial charge in [0, 0.05) is 17.2 Å². The van der Waals surface area contributed by atoms with Crippen molar-refractivity contribution >= 4 is 21.9 Å². The van der Waals surface area contributed by atoms with E-state index in [4.69, 9.17) is 8.92 Å².